The quantitative estimate of drug-likeness (QED) is 0.189. The monoisotopic (exact) mass is 723 g/mol. The molecule has 1 saturated heterocycles. The van der Waals surface area contributed by atoms with Gasteiger partial charge in [0, 0.05) is 37.0 Å². The normalized spacial score (nSPS) is 44.1. The molecule has 294 valence electrons. The highest BCUT2D eigenvalue weighted by Crippen LogP contribution is 2.78. The summed E-state index contributed by atoms with van der Waals surface area (Å²) in [5.74, 6) is 1.67. The van der Waals surface area contributed by atoms with Crippen LogP contribution in [0.3, 0.4) is 0 Å². The molecule has 0 aromatic rings. The Morgan fingerprint density at radius 1 is 0.923 bits per heavy atom. The highest BCUT2D eigenvalue weighted by atomic mass is 16.5. The van der Waals surface area contributed by atoms with Gasteiger partial charge in [0.25, 0.3) is 0 Å². The Bertz CT molecular complexity index is 1430. The van der Waals surface area contributed by atoms with Crippen LogP contribution in [-0.4, -0.2) is 71.1 Å². The first kappa shape index (κ1) is 39.8. The number of rotatable bonds is 9. The van der Waals surface area contributed by atoms with E-state index >= 15 is 0 Å². The van der Waals surface area contributed by atoms with Crippen molar-refractivity contribution >= 4 is 17.8 Å². The van der Waals surface area contributed by atoms with E-state index in [1.807, 2.05) is 0 Å². The van der Waals surface area contributed by atoms with Crippen molar-refractivity contribution in [1.29, 1.82) is 0 Å². The molecule has 1 amide bonds. The van der Waals surface area contributed by atoms with Gasteiger partial charge in [-0.3, -0.25) is 14.4 Å². The summed E-state index contributed by atoms with van der Waals surface area (Å²) in [5, 5.41) is 9.63. The molecular formula is C45H74N2O5. The minimum Gasteiger partial charge on any atom is -0.481 e. The molecule has 5 aliphatic carbocycles. The van der Waals surface area contributed by atoms with Gasteiger partial charge >= 0.3 is 11.9 Å². The lowest BCUT2D eigenvalue weighted by Crippen LogP contribution is -2.67. The SMILES string of the molecule is C=C(C)[C@@H]1CC[C@]2(CC(=O)N(CC)C3CC(C)N(C)C3)CC[C@]3(C)[C@H](CC[C@@H]4[C@@]5(C)CC[C@H](OC(=O)CC(C)(C)C(=O)O)C(C)(C)[C@@H]5CC[C@]43C)[C@@H]12. The maximum Gasteiger partial charge on any atom is 0.309 e. The number of ether oxygens (including phenoxy) is 1. The summed E-state index contributed by atoms with van der Waals surface area (Å²) in [6.45, 7) is 28.9. The van der Waals surface area contributed by atoms with E-state index < -0.39 is 11.4 Å². The number of carboxylic acid groups (broad SMARTS) is 1. The van der Waals surface area contributed by atoms with Crippen molar-refractivity contribution in [2.75, 3.05) is 20.1 Å². The Morgan fingerprint density at radius 2 is 1.62 bits per heavy atom. The summed E-state index contributed by atoms with van der Waals surface area (Å²) in [6.07, 6.45) is 12.8. The van der Waals surface area contributed by atoms with Crippen molar-refractivity contribution in [2.24, 2.45) is 62.1 Å². The largest absolute Gasteiger partial charge is 0.481 e. The first-order valence-corrected chi connectivity index (χ1v) is 21.2. The minimum atomic E-state index is -1.14. The molecule has 2 unspecified atom stereocenters. The molecule has 0 aromatic heterocycles. The van der Waals surface area contributed by atoms with E-state index in [2.05, 4.69) is 78.8 Å². The van der Waals surface area contributed by atoms with Crippen LogP contribution in [0.4, 0.5) is 0 Å². The molecule has 6 fully saturated rings. The van der Waals surface area contributed by atoms with Crippen molar-refractivity contribution in [2.45, 2.75) is 171 Å². The summed E-state index contributed by atoms with van der Waals surface area (Å²) < 4.78 is 6.20. The molecule has 7 nitrogen and oxygen atoms in total. The van der Waals surface area contributed by atoms with Gasteiger partial charge in [-0.2, -0.15) is 0 Å². The molecule has 12 atom stereocenters. The van der Waals surface area contributed by atoms with Gasteiger partial charge in [0.2, 0.25) is 5.91 Å². The number of carbonyl (C=O) groups is 3. The van der Waals surface area contributed by atoms with E-state index in [9.17, 15) is 19.5 Å². The van der Waals surface area contributed by atoms with Crippen LogP contribution in [0.25, 0.3) is 0 Å². The Morgan fingerprint density at radius 3 is 2.21 bits per heavy atom. The molecule has 1 aliphatic heterocycles. The van der Waals surface area contributed by atoms with E-state index in [1.165, 1.54) is 37.7 Å². The zero-order chi connectivity index (χ0) is 38.4. The second-order valence-corrected chi connectivity index (χ2v) is 21.3. The summed E-state index contributed by atoms with van der Waals surface area (Å²) in [5.41, 5.74) is 0.608. The predicted molar refractivity (Wildman–Crippen MR) is 207 cm³/mol. The fourth-order valence-electron chi connectivity index (χ4n) is 14.8. The molecule has 1 heterocycles. The third-order valence-electron chi connectivity index (χ3n) is 18.1. The van der Waals surface area contributed by atoms with Gasteiger partial charge in [0.15, 0.2) is 0 Å². The molecular weight excluding hydrogens is 649 g/mol. The molecule has 0 bridgehead atoms. The van der Waals surface area contributed by atoms with Gasteiger partial charge in [-0.05, 0) is 164 Å². The number of allylic oxidation sites excluding steroid dienone is 1. The number of carbonyl (C=O) groups excluding carboxylic acids is 2. The van der Waals surface area contributed by atoms with Crippen LogP contribution in [0, 0.1) is 62.1 Å². The van der Waals surface area contributed by atoms with Gasteiger partial charge < -0.3 is 19.6 Å². The number of esters is 1. The van der Waals surface area contributed by atoms with Crippen molar-refractivity contribution < 1.29 is 24.2 Å². The van der Waals surface area contributed by atoms with Gasteiger partial charge in [-0.15, -0.1) is 0 Å². The third-order valence-corrected chi connectivity index (χ3v) is 18.1. The zero-order valence-electron chi connectivity index (χ0n) is 34.9. The number of fused-ring (bicyclic) bond motifs is 7. The Hall–Kier alpha value is -1.89. The lowest BCUT2D eigenvalue weighted by Gasteiger charge is -2.73. The molecule has 6 aliphatic rings. The molecule has 6 rings (SSSR count). The van der Waals surface area contributed by atoms with Crippen LogP contribution in [0.5, 0.6) is 0 Å². The van der Waals surface area contributed by atoms with Crippen LogP contribution in [0.15, 0.2) is 12.2 Å². The number of nitrogens with zero attached hydrogens (tertiary/aromatic N) is 2. The number of likely N-dealkylation sites (tertiary alicyclic amines) is 1. The summed E-state index contributed by atoms with van der Waals surface area (Å²) >= 11 is 0. The second kappa shape index (κ2) is 13.4. The van der Waals surface area contributed by atoms with E-state index in [0.717, 1.165) is 51.6 Å². The number of amides is 1. The number of carboxylic acids is 1. The van der Waals surface area contributed by atoms with Crippen molar-refractivity contribution in [3.8, 4) is 0 Å². The second-order valence-electron chi connectivity index (χ2n) is 21.3. The lowest BCUT2D eigenvalue weighted by molar-refractivity contribution is -0.250. The topological polar surface area (TPSA) is 87.2 Å². The Kier molecular flexibility index (Phi) is 10.3. The fraction of sp³-hybridized carbons (Fsp3) is 0.889. The molecule has 52 heavy (non-hydrogen) atoms. The van der Waals surface area contributed by atoms with Gasteiger partial charge in [-0.1, -0.05) is 46.8 Å². The van der Waals surface area contributed by atoms with E-state index in [-0.39, 0.29) is 45.6 Å². The maximum atomic E-state index is 14.5. The Balaban J connectivity index is 1.25. The summed E-state index contributed by atoms with van der Waals surface area (Å²) in [7, 11) is 2.20. The summed E-state index contributed by atoms with van der Waals surface area (Å²) in [4.78, 5) is 44.0. The summed E-state index contributed by atoms with van der Waals surface area (Å²) in [6, 6.07) is 0.844. The van der Waals surface area contributed by atoms with Gasteiger partial charge in [0.05, 0.1) is 11.8 Å². The van der Waals surface area contributed by atoms with Crippen molar-refractivity contribution in [3.63, 3.8) is 0 Å². The number of hydrogen-bond acceptors (Lipinski definition) is 5. The highest BCUT2D eigenvalue weighted by molar-refractivity contribution is 5.81. The number of aliphatic carboxylic acids is 1. The minimum absolute atomic E-state index is 0.0673. The molecule has 0 spiro atoms. The van der Waals surface area contributed by atoms with Gasteiger partial charge in [0.1, 0.15) is 6.10 Å². The first-order valence-electron chi connectivity index (χ1n) is 21.2. The molecule has 0 aromatic carbocycles. The van der Waals surface area contributed by atoms with Crippen LogP contribution in [0.2, 0.25) is 0 Å². The highest BCUT2D eigenvalue weighted by Gasteiger charge is 2.71. The van der Waals surface area contributed by atoms with Gasteiger partial charge in [-0.25, -0.2) is 0 Å². The third kappa shape index (κ3) is 6.03. The van der Waals surface area contributed by atoms with E-state index in [0.29, 0.717) is 54.0 Å². The molecule has 7 heteroatoms. The van der Waals surface area contributed by atoms with Crippen LogP contribution in [0.1, 0.15) is 153 Å². The maximum absolute atomic E-state index is 14.5. The standard InChI is InChI=1S/C45H74N2O5/c1-13-47(30-24-29(4)46(12)27-30)36(48)25-45-21-16-31(28(2)3)38(45)32-14-15-34-42(9)19-18-35(52-37(49)26-40(5,6)39(50)51)41(7,8)33(42)17-20-44(34,11)43(32,10)22-23-45/h29-35,38H,2,13-27H2,1,3-12H3,(H,50,51)/t29?,30?,31-,32+,33-,34+,35-,38+,42-,43+,44+,45+/m0/s1. The zero-order valence-corrected chi connectivity index (χ0v) is 34.9. The number of hydrogen-bond donors (Lipinski definition) is 1. The average Bonchev–Trinajstić information content (AvgIpc) is 3.58. The molecule has 5 saturated carbocycles. The lowest BCUT2D eigenvalue weighted by atomic mass is 9.32. The van der Waals surface area contributed by atoms with Crippen LogP contribution in [-0.2, 0) is 19.1 Å². The van der Waals surface area contributed by atoms with Crippen LogP contribution >= 0.6 is 0 Å². The smallest absolute Gasteiger partial charge is 0.309 e. The number of likely N-dealkylation sites (N-methyl/N-ethyl adjacent to an activating group) is 2. The average molecular weight is 723 g/mol. The fourth-order valence-corrected chi connectivity index (χ4v) is 14.8. The van der Waals surface area contributed by atoms with Crippen molar-refractivity contribution in [1.82, 2.24) is 9.80 Å². The molecule has 0 radical (unpaired) electrons. The molecule has 1 N–H and O–H groups in total. The predicted octanol–water partition coefficient (Wildman–Crippen LogP) is 9.39. The van der Waals surface area contributed by atoms with E-state index in [4.69, 9.17) is 4.74 Å². The van der Waals surface area contributed by atoms with Crippen LogP contribution < -0.4 is 0 Å². The first-order chi connectivity index (χ1) is 24.1. The van der Waals surface area contributed by atoms with Crippen molar-refractivity contribution in [3.05, 3.63) is 12.2 Å². The Labute approximate surface area is 316 Å². The van der Waals surface area contributed by atoms with E-state index in [1.54, 1.807) is 13.8 Å².